The summed E-state index contributed by atoms with van der Waals surface area (Å²) >= 11 is 0. The summed E-state index contributed by atoms with van der Waals surface area (Å²) in [4.78, 5) is 0. The van der Waals surface area contributed by atoms with E-state index in [4.69, 9.17) is 10.2 Å². The summed E-state index contributed by atoms with van der Waals surface area (Å²) < 4.78 is 0. The van der Waals surface area contributed by atoms with Crippen molar-refractivity contribution in [3.63, 3.8) is 0 Å². The number of rotatable bonds is 5. The monoisotopic (exact) mass is 223 g/mol. The molecule has 3 nitrogen and oxygen atoms in total. The molecule has 0 spiro atoms. The molecule has 0 amide bonds. The molecule has 0 atom stereocenters. The van der Waals surface area contributed by atoms with Crippen LogP contribution in [0, 0.1) is 13.8 Å². The molecular formula is C13H21NO2. The maximum Gasteiger partial charge on any atom is 0.0633 e. The predicted octanol–water partition coefficient (Wildman–Crippen LogP) is 1.14. The summed E-state index contributed by atoms with van der Waals surface area (Å²) in [7, 11) is 0. The zero-order valence-electron chi connectivity index (χ0n) is 10.2. The van der Waals surface area contributed by atoms with Crippen LogP contribution in [0.4, 0.5) is 0 Å². The lowest BCUT2D eigenvalue weighted by Crippen LogP contribution is -2.48. The van der Waals surface area contributed by atoms with Crippen molar-refractivity contribution in [2.75, 3.05) is 13.2 Å². The molecule has 3 heteroatoms. The van der Waals surface area contributed by atoms with Gasteiger partial charge in [0.15, 0.2) is 0 Å². The van der Waals surface area contributed by atoms with Gasteiger partial charge in [-0.25, -0.2) is 0 Å². The minimum atomic E-state index is -0.614. The number of hydrogen-bond donors (Lipinski definition) is 3. The molecule has 0 saturated carbocycles. The van der Waals surface area contributed by atoms with E-state index in [9.17, 15) is 0 Å². The second-order valence-corrected chi connectivity index (χ2v) is 4.66. The fourth-order valence-electron chi connectivity index (χ4n) is 1.51. The third-order valence-electron chi connectivity index (χ3n) is 2.90. The summed E-state index contributed by atoms with van der Waals surface area (Å²) in [5, 5.41) is 21.5. The van der Waals surface area contributed by atoms with Crippen LogP contribution in [-0.4, -0.2) is 29.0 Å². The van der Waals surface area contributed by atoms with E-state index in [0.717, 1.165) is 0 Å². The van der Waals surface area contributed by atoms with E-state index in [0.29, 0.717) is 6.54 Å². The van der Waals surface area contributed by atoms with Crippen molar-refractivity contribution in [3.05, 3.63) is 34.9 Å². The summed E-state index contributed by atoms with van der Waals surface area (Å²) in [6.45, 7) is 6.44. The lowest BCUT2D eigenvalue weighted by molar-refractivity contribution is 0.103. The summed E-state index contributed by atoms with van der Waals surface area (Å²) in [6.07, 6.45) is 0. The quantitative estimate of drug-likeness (QED) is 0.701. The molecule has 1 aromatic rings. The molecule has 0 bridgehead atoms. The first-order valence-corrected chi connectivity index (χ1v) is 5.53. The van der Waals surface area contributed by atoms with Crippen LogP contribution in [0.5, 0.6) is 0 Å². The molecule has 0 aliphatic heterocycles. The molecule has 0 heterocycles. The first kappa shape index (κ1) is 13.2. The van der Waals surface area contributed by atoms with Crippen LogP contribution in [0.2, 0.25) is 0 Å². The van der Waals surface area contributed by atoms with Gasteiger partial charge in [-0.05, 0) is 31.9 Å². The largest absolute Gasteiger partial charge is 0.394 e. The van der Waals surface area contributed by atoms with E-state index >= 15 is 0 Å². The third-order valence-corrected chi connectivity index (χ3v) is 2.90. The van der Waals surface area contributed by atoms with Gasteiger partial charge in [0.1, 0.15) is 0 Å². The van der Waals surface area contributed by atoms with E-state index in [2.05, 4.69) is 37.4 Å². The fraction of sp³-hybridized carbons (Fsp3) is 0.538. The number of nitrogens with one attached hydrogen (secondary N) is 1. The Morgan fingerprint density at radius 2 is 1.81 bits per heavy atom. The van der Waals surface area contributed by atoms with Gasteiger partial charge in [0.05, 0.1) is 18.8 Å². The molecule has 0 fully saturated rings. The van der Waals surface area contributed by atoms with Crippen LogP contribution in [-0.2, 0) is 6.54 Å². The number of hydrogen-bond acceptors (Lipinski definition) is 3. The molecule has 1 aromatic carbocycles. The molecule has 0 aliphatic rings. The van der Waals surface area contributed by atoms with E-state index in [-0.39, 0.29) is 13.2 Å². The molecule has 0 saturated heterocycles. The predicted molar refractivity (Wildman–Crippen MR) is 65.3 cm³/mol. The molecule has 0 aliphatic carbocycles. The SMILES string of the molecule is Cc1ccc(CNC(C)(CO)CO)c(C)c1. The average Bonchev–Trinajstić information content (AvgIpc) is 2.27. The number of aryl methyl sites for hydroxylation is 2. The van der Waals surface area contributed by atoms with Gasteiger partial charge in [0, 0.05) is 6.54 Å². The van der Waals surface area contributed by atoms with Crippen molar-refractivity contribution < 1.29 is 10.2 Å². The van der Waals surface area contributed by atoms with Crippen LogP contribution < -0.4 is 5.32 Å². The van der Waals surface area contributed by atoms with Crippen LogP contribution in [0.1, 0.15) is 23.6 Å². The second kappa shape index (κ2) is 5.43. The normalized spacial score (nSPS) is 11.8. The first-order chi connectivity index (χ1) is 7.50. The Bertz CT molecular complexity index is 346. The zero-order chi connectivity index (χ0) is 12.2. The molecule has 90 valence electrons. The minimum Gasteiger partial charge on any atom is -0.394 e. The first-order valence-electron chi connectivity index (χ1n) is 5.53. The maximum absolute atomic E-state index is 9.15. The zero-order valence-corrected chi connectivity index (χ0v) is 10.2. The molecule has 0 radical (unpaired) electrons. The number of benzene rings is 1. The van der Waals surface area contributed by atoms with Crippen molar-refractivity contribution in [1.29, 1.82) is 0 Å². The number of aliphatic hydroxyl groups is 2. The van der Waals surface area contributed by atoms with Gasteiger partial charge in [-0.1, -0.05) is 23.8 Å². The van der Waals surface area contributed by atoms with Crippen LogP contribution in [0.3, 0.4) is 0 Å². The smallest absolute Gasteiger partial charge is 0.0633 e. The molecule has 1 rings (SSSR count). The highest BCUT2D eigenvalue weighted by molar-refractivity contribution is 5.30. The average molecular weight is 223 g/mol. The maximum atomic E-state index is 9.15. The minimum absolute atomic E-state index is 0.0750. The second-order valence-electron chi connectivity index (χ2n) is 4.66. The van der Waals surface area contributed by atoms with Gasteiger partial charge in [-0.15, -0.1) is 0 Å². The summed E-state index contributed by atoms with van der Waals surface area (Å²) in [5.41, 5.74) is 3.05. The third kappa shape index (κ3) is 3.30. The standard InChI is InChI=1S/C13H21NO2/c1-10-4-5-12(11(2)6-10)7-14-13(3,8-15)9-16/h4-6,14-16H,7-9H2,1-3H3. The van der Waals surface area contributed by atoms with Crippen molar-refractivity contribution >= 4 is 0 Å². The summed E-state index contributed by atoms with van der Waals surface area (Å²) in [5.74, 6) is 0. The van der Waals surface area contributed by atoms with Gasteiger partial charge < -0.3 is 15.5 Å². The van der Waals surface area contributed by atoms with E-state index in [1.54, 1.807) is 6.92 Å². The molecule has 0 unspecified atom stereocenters. The lowest BCUT2D eigenvalue weighted by atomic mass is 10.0. The Balaban J connectivity index is 2.67. The van der Waals surface area contributed by atoms with Crippen molar-refractivity contribution in [2.45, 2.75) is 32.9 Å². The highest BCUT2D eigenvalue weighted by Gasteiger charge is 2.21. The topological polar surface area (TPSA) is 52.5 Å². The summed E-state index contributed by atoms with van der Waals surface area (Å²) in [6, 6.07) is 6.28. The molecule has 16 heavy (non-hydrogen) atoms. The Kier molecular flexibility index (Phi) is 4.47. The molecule has 0 aromatic heterocycles. The Morgan fingerprint density at radius 3 is 2.31 bits per heavy atom. The molecular weight excluding hydrogens is 202 g/mol. The van der Waals surface area contributed by atoms with Crippen molar-refractivity contribution in [3.8, 4) is 0 Å². The van der Waals surface area contributed by atoms with Gasteiger partial charge >= 0.3 is 0 Å². The lowest BCUT2D eigenvalue weighted by Gasteiger charge is -2.26. The van der Waals surface area contributed by atoms with E-state index in [1.807, 2.05) is 0 Å². The Hall–Kier alpha value is -0.900. The number of aliphatic hydroxyl groups excluding tert-OH is 2. The van der Waals surface area contributed by atoms with Crippen LogP contribution >= 0.6 is 0 Å². The van der Waals surface area contributed by atoms with Gasteiger partial charge in [-0.2, -0.15) is 0 Å². The van der Waals surface area contributed by atoms with Crippen molar-refractivity contribution in [2.24, 2.45) is 0 Å². The van der Waals surface area contributed by atoms with Gasteiger partial charge in [-0.3, -0.25) is 0 Å². The van der Waals surface area contributed by atoms with Crippen LogP contribution in [0.15, 0.2) is 18.2 Å². The van der Waals surface area contributed by atoms with Gasteiger partial charge in [0.25, 0.3) is 0 Å². The van der Waals surface area contributed by atoms with Crippen LogP contribution in [0.25, 0.3) is 0 Å². The Morgan fingerprint density at radius 1 is 1.19 bits per heavy atom. The van der Waals surface area contributed by atoms with E-state index < -0.39 is 5.54 Å². The Labute approximate surface area is 97.1 Å². The van der Waals surface area contributed by atoms with Crippen molar-refractivity contribution in [1.82, 2.24) is 5.32 Å². The van der Waals surface area contributed by atoms with Gasteiger partial charge in [0.2, 0.25) is 0 Å². The highest BCUT2D eigenvalue weighted by atomic mass is 16.3. The molecule has 3 N–H and O–H groups in total. The van der Waals surface area contributed by atoms with E-state index in [1.165, 1.54) is 16.7 Å². The highest BCUT2D eigenvalue weighted by Crippen LogP contribution is 2.12. The fourth-order valence-corrected chi connectivity index (χ4v) is 1.51.